The molecule has 1 amide bonds. The van der Waals surface area contributed by atoms with Crippen LogP contribution in [0.25, 0.3) is 0 Å². The zero-order valence-corrected chi connectivity index (χ0v) is 35.5. The van der Waals surface area contributed by atoms with Crippen LogP contribution in [0.3, 0.4) is 0 Å². The maximum absolute atomic E-state index is 17.2. The number of sulfone groups is 1. The highest BCUT2D eigenvalue weighted by Gasteiger charge is 2.57. The summed E-state index contributed by atoms with van der Waals surface area (Å²) in [6, 6.07) is 14.1. The summed E-state index contributed by atoms with van der Waals surface area (Å²) in [5.74, 6) is -1.30. The summed E-state index contributed by atoms with van der Waals surface area (Å²) >= 11 is 12.7. The Morgan fingerprint density at radius 2 is 1.59 bits per heavy atom. The normalized spacial score (nSPS) is 21.6. The molecule has 0 radical (unpaired) electrons. The molecule has 2 atom stereocenters. The number of nitrogens with one attached hydrogen (secondary N) is 1. The van der Waals surface area contributed by atoms with Gasteiger partial charge in [-0.15, -0.1) is 0 Å². The third kappa shape index (κ3) is 8.19. The van der Waals surface area contributed by atoms with Crippen LogP contribution in [0.1, 0.15) is 73.1 Å². The van der Waals surface area contributed by atoms with Crippen molar-refractivity contribution >= 4 is 47.3 Å². The maximum Gasteiger partial charge on any atom is 0.257 e. The molecule has 3 aromatic carbocycles. The highest BCUT2D eigenvalue weighted by molar-refractivity contribution is 7.90. The first kappa shape index (κ1) is 41.2. The quantitative estimate of drug-likeness (QED) is 0.173. The van der Waals surface area contributed by atoms with Gasteiger partial charge in [-0.3, -0.25) is 14.6 Å². The molecule has 1 unspecified atom stereocenters. The van der Waals surface area contributed by atoms with E-state index in [9.17, 15) is 18.3 Å². The predicted octanol–water partition coefficient (Wildman–Crippen LogP) is 7.32. The summed E-state index contributed by atoms with van der Waals surface area (Å²) in [7, 11) is -5.94. The summed E-state index contributed by atoms with van der Waals surface area (Å²) in [5.41, 5.74) is -2.71. The number of carbonyl (C=O) groups excluding carboxylic acids is 1. The van der Waals surface area contributed by atoms with Crippen molar-refractivity contribution in [3.8, 4) is 0 Å². The van der Waals surface area contributed by atoms with Crippen LogP contribution in [-0.4, -0.2) is 89.7 Å². The zero-order chi connectivity index (χ0) is 39.5. The van der Waals surface area contributed by atoms with Crippen molar-refractivity contribution in [1.29, 1.82) is 0 Å². The van der Waals surface area contributed by atoms with Crippen molar-refractivity contribution < 1.29 is 31.9 Å². The van der Waals surface area contributed by atoms with Gasteiger partial charge in [-0.2, -0.15) is 0 Å². The van der Waals surface area contributed by atoms with Gasteiger partial charge in [0.1, 0.15) is 5.82 Å². The van der Waals surface area contributed by atoms with E-state index in [1.54, 1.807) is 49.4 Å². The molecule has 3 aliphatic rings. The fourth-order valence-electron chi connectivity index (χ4n) is 7.13. The Labute approximate surface area is 330 Å². The van der Waals surface area contributed by atoms with E-state index in [0.29, 0.717) is 35.8 Å². The fourth-order valence-corrected chi connectivity index (χ4v) is 9.54. The molecule has 54 heavy (non-hydrogen) atoms. The first-order valence-corrected chi connectivity index (χ1v) is 24.0. The topological polar surface area (TPSA) is 108 Å². The number of rotatable bonds is 13. The van der Waals surface area contributed by atoms with E-state index < -0.39 is 41.2 Å². The molecule has 0 bridgehead atoms. The molecule has 9 nitrogen and oxygen atoms in total. The van der Waals surface area contributed by atoms with Gasteiger partial charge in [0, 0.05) is 66.6 Å². The van der Waals surface area contributed by atoms with Crippen LogP contribution in [0.15, 0.2) is 59.5 Å². The van der Waals surface area contributed by atoms with Crippen molar-refractivity contribution in [2.75, 3.05) is 52.2 Å². The summed E-state index contributed by atoms with van der Waals surface area (Å²) < 4.78 is 57.2. The van der Waals surface area contributed by atoms with Gasteiger partial charge in [-0.05, 0) is 85.4 Å². The molecule has 2 aliphatic heterocycles. The van der Waals surface area contributed by atoms with Crippen molar-refractivity contribution in [1.82, 2.24) is 15.1 Å². The molecule has 2 fully saturated rings. The second-order valence-corrected chi connectivity index (χ2v) is 24.8. The van der Waals surface area contributed by atoms with E-state index in [0.717, 1.165) is 32.2 Å². The monoisotopic (exact) mass is 819 g/mol. The average Bonchev–Trinajstić information content (AvgIpc) is 3.82. The second-order valence-electron chi connectivity index (χ2n) is 17.1. The minimum atomic E-state index is -3.81. The second kappa shape index (κ2) is 14.8. The Kier molecular flexibility index (Phi) is 11.3. The van der Waals surface area contributed by atoms with Gasteiger partial charge in [-0.1, -0.05) is 62.2 Å². The zero-order valence-electron chi connectivity index (χ0n) is 32.2. The smallest absolute Gasteiger partial charge is 0.257 e. The average molecular weight is 821 g/mol. The van der Waals surface area contributed by atoms with Crippen molar-refractivity contribution in [3.05, 3.63) is 98.3 Å². The van der Waals surface area contributed by atoms with Crippen LogP contribution >= 0.6 is 23.2 Å². The molecule has 294 valence electrons. The van der Waals surface area contributed by atoms with E-state index >= 15 is 4.39 Å². The van der Waals surface area contributed by atoms with Crippen LogP contribution in [0.4, 0.5) is 4.39 Å². The summed E-state index contributed by atoms with van der Waals surface area (Å²) in [5, 5.41) is 15.8. The summed E-state index contributed by atoms with van der Waals surface area (Å²) in [6.07, 6.45) is 2.73. The number of ether oxygens (including phenoxy) is 1. The number of hydrogen-bond acceptors (Lipinski definition) is 8. The molecular formula is C40H52Cl2FN3O6SSi. The van der Waals surface area contributed by atoms with E-state index in [1.165, 1.54) is 17.0 Å². The number of nitrogens with zero attached hydrogens (tertiary/aromatic N) is 2. The first-order chi connectivity index (χ1) is 25.1. The Hall–Kier alpha value is -2.39. The van der Waals surface area contributed by atoms with Gasteiger partial charge in [0.2, 0.25) is 0 Å². The van der Waals surface area contributed by atoms with Gasteiger partial charge in [-0.25, -0.2) is 12.8 Å². The molecule has 3 aromatic rings. The Bertz CT molecular complexity index is 2010. The molecule has 2 N–H and O–H groups in total. The molecule has 0 aromatic heterocycles. The lowest BCUT2D eigenvalue weighted by Crippen LogP contribution is -2.49. The van der Waals surface area contributed by atoms with Crippen LogP contribution in [-0.2, 0) is 36.9 Å². The first-order valence-electron chi connectivity index (χ1n) is 18.4. The van der Waals surface area contributed by atoms with E-state index in [-0.39, 0.29) is 56.8 Å². The van der Waals surface area contributed by atoms with Crippen LogP contribution in [0.2, 0.25) is 28.2 Å². The SMILES string of the molecule is CC(O)(CN1CCNCC1)c1cc(F)c2c(c1)C(=O)N(Cc1ccc(Cl)cc1S(C)(=O)=O)[C@@]2(OCC1(CO[Si](C)(C)C(C)(C)C)CC1)c1ccc(Cl)cc1. The lowest BCUT2D eigenvalue weighted by atomic mass is 9.87. The van der Waals surface area contributed by atoms with Crippen LogP contribution in [0.5, 0.6) is 0 Å². The lowest BCUT2D eigenvalue weighted by molar-refractivity contribution is -0.130. The van der Waals surface area contributed by atoms with E-state index in [1.807, 2.05) is 0 Å². The highest BCUT2D eigenvalue weighted by atomic mass is 35.5. The van der Waals surface area contributed by atoms with Crippen LogP contribution < -0.4 is 5.32 Å². The third-order valence-corrected chi connectivity index (χ3v) is 17.9. The minimum absolute atomic E-state index is 0.00692. The van der Waals surface area contributed by atoms with Crippen molar-refractivity contribution in [2.24, 2.45) is 5.41 Å². The number of carbonyl (C=O) groups is 1. The van der Waals surface area contributed by atoms with Gasteiger partial charge >= 0.3 is 0 Å². The number of β-amino-alcohol motifs (C(OH)–C–C–N with tert-alkyl or cyclic N) is 1. The minimum Gasteiger partial charge on any atom is -0.416 e. The van der Waals surface area contributed by atoms with Gasteiger partial charge < -0.3 is 19.6 Å². The summed E-state index contributed by atoms with van der Waals surface area (Å²) in [6.45, 7) is 16.1. The molecule has 1 saturated heterocycles. The van der Waals surface area contributed by atoms with Gasteiger partial charge in [0.15, 0.2) is 23.9 Å². The largest absolute Gasteiger partial charge is 0.416 e. The van der Waals surface area contributed by atoms with Gasteiger partial charge in [0.05, 0.1) is 34.8 Å². The Morgan fingerprint density at radius 1 is 0.963 bits per heavy atom. The number of amides is 1. The maximum atomic E-state index is 17.2. The summed E-state index contributed by atoms with van der Waals surface area (Å²) in [4.78, 5) is 18.4. The molecular weight excluding hydrogens is 769 g/mol. The number of halogens is 3. The van der Waals surface area contributed by atoms with E-state index in [4.69, 9.17) is 32.4 Å². The third-order valence-electron chi connectivity index (χ3n) is 11.7. The highest BCUT2D eigenvalue weighted by Crippen LogP contribution is 2.54. The van der Waals surface area contributed by atoms with Gasteiger partial charge in [0.25, 0.3) is 5.91 Å². The Balaban J connectivity index is 1.50. The fraction of sp³-hybridized carbons (Fsp3) is 0.525. The number of benzene rings is 3. The lowest BCUT2D eigenvalue weighted by Gasteiger charge is -2.41. The Morgan fingerprint density at radius 3 is 2.19 bits per heavy atom. The van der Waals surface area contributed by atoms with Crippen LogP contribution in [0, 0.1) is 11.2 Å². The number of piperazine rings is 1. The molecule has 14 heteroatoms. The molecule has 6 rings (SSSR count). The number of aliphatic hydroxyl groups is 1. The molecule has 2 heterocycles. The molecule has 1 aliphatic carbocycles. The molecule has 1 saturated carbocycles. The van der Waals surface area contributed by atoms with Crippen molar-refractivity contribution in [2.45, 2.75) is 81.4 Å². The van der Waals surface area contributed by atoms with E-state index in [2.05, 4.69) is 44.1 Å². The predicted molar refractivity (Wildman–Crippen MR) is 213 cm³/mol. The number of fused-ring (bicyclic) bond motifs is 1. The molecule has 0 spiro atoms. The standard InChI is InChI=1S/C40H52Cl2FN3O6SSi/c1-37(2,3)54(6,7)52-26-39(14-15-39)25-51-40(28-9-12-30(41)13-10-28)35-32(20-29(21-33(35)43)38(4,48)24-45-18-16-44-17-19-45)36(47)46(40)23-27-8-11-31(42)22-34(27)53(5,49)50/h8-13,20-22,44,48H,14-19,23-26H2,1-7H3/t38?,40-/m1/s1. The number of hydrogen-bond donors (Lipinski definition) is 2. The van der Waals surface area contributed by atoms with Crippen molar-refractivity contribution in [3.63, 3.8) is 0 Å².